The third-order valence-corrected chi connectivity index (χ3v) is 2.11. The summed E-state index contributed by atoms with van der Waals surface area (Å²) in [5.41, 5.74) is 0. The van der Waals surface area contributed by atoms with Gasteiger partial charge < -0.3 is 4.90 Å². The van der Waals surface area contributed by atoms with E-state index in [9.17, 15) is 8.78 Å². The van der Waals surface area contributed by atoms with Crippen molar-refractivity contribution in [3.63, 3.8) is 0 Å². The Balaban J connectivity index is 2.28. The molecule has 1 atom stereocenters. The van der Waals surface area contributed by atoms with Crippen LogP contribution in [0.4, 0.5) is 8.78 Å². The van der Waals surface area contributed by atoms with Crippen molar-refractivity contribution >= 4 is 0 Å². The Labute approximate surface area is 60.0 Å². The van der Waals surface area contributed by atoms with E-state index in [0.717, 1.165) is 13.1 Å². The second-order valence-electron chi connectivity index (χ2n) is 2.78. The molecule has 0 saturated carbocycles. The summed E-state index contributed by atoms with van der Waals surface area (Å²) in [5, 5.41) is 0. The van der Waals surface area contributed by atoms with Gasteiger partial charge in [-0.05, 0) is 19.5 Å². The number of nitrogens with zero attached hydrogens (tertiary/aromatic N) is 1. The van der Waals surface area contributed by atoms with Gasteiger partial charge in [0.05, 0.1) is 0 Å². The van der Waals surface area contributed by atoms with Gasteiger partial charge >= 0.3 is 0 Å². The van der Waals surface area contributed by atoms with Gasteiger partial charge in [-0.25, -0.2) is 8.78 Å². The highest BCUT2D eigenvalue weighted by Crippen LogP contribution is 2.21. The Kier molecular flexibility index (Phi) is 2.60. The Morgan fingerprint density at radius 2 is 2.30 bits per heavy atom. The SMILES string of the molecule is CCN1CCC(C(F)F)C1. The summed E-state index contributed by atoms with van der Waals surface area (Å²) in [4.78, 5) is 2.07. The smallest absolute Gasteiger partial charge is 0.242 e. The summed E-state index contributed by atoms with van der Waals surface area (Å²) in [6, 6.07) is 0. The maximum Gasteiger partial charge on any atom is 0.242 e. The first-order chi connectivity index (χ1) is 4.74. The van der Waals surface area contributed by atoms with Crippen LogP contribution in [-0.4, -0.2) is 31.0 Å². The van der Waals surface area contributed by atoms with Crippen LogP contribution in [-0.2, 0) is 0 Å². The number of hydrogen-bond donors (Lipinski definition) is 0. The predicted molar refractivity (Wildman–Crippen MR) is 36.2 cm³/mol. The van der Waals surface area contributed by atoms with E-state index in [0.29, 0.717) is 13.0 Å². The number of alkyl halides is 2. The molecule has 1 heterocycles. The summed E-state index contributed by atoms with van der Waals surface area (Å²) in [6.45, 7) is 4.36. The number of rotatable bonds is 2. The number of hydrogen-bond acceptors (Lipinski definition) is 1. The molecule has 1 fully saturated rings. The lowest BCUT2D eigenvalue weighted by atomic mass is 10.1. The maximum atomic E-state index is 12.0. The van der Waals surface area contributed by atoms with Crippen molar-refractivity contribution in [3.8, 4) is 0 Å². The molecule has 0 radical (unpaired) electrons. The van der Waals surface area contributed by atoms with Crippen LogP contribution in [0, 0.1) is 5.92 Å². The fraction of sp³-hybridized carbons (Fsp3) is 1.00. The van der Waals surface area contributed by atoms with E-state index >= 15 is 0 Å². The van der Waals surface area contributed by atoms with E-state index in [1.165, 1.54) is 0 Å². The molecule has 10 heavy (non-hydrogen) atoms. The lowest BCUT2D eigenvalue weighted by molar-refractivity contribution is 0.0811. The topological polar surface area (TPSA) is 3.24 Å². The molecule has 1 saturated heterocycles. The van der Waals surface area contributed by atoms with Gasteiger partial charge in [-0.1, -0.05) is 6.92 Å². The molecule has 0 spiro atoms. The summed E-state index contributed by atoms with van der Waals surface area (Å²) < 4.78 is 24.0. The van der Waals surface area contributed by atoms with Crippen molar-refractivity contribution in [1.82, 2.24) is 4.90 Å². The number of halogens is 2. The molecule has 0 aromatic carbocycles. The number of likely N-dealkylation sites (tertiary alicyclic amines) is 1. The van der Waals surface area contributed by atoms with Crippen molar-refractivity contribution in [2.24, 2.45) is 5.92 Å². The van der Waals surface area contributed by atoms with Gasteiger partial charge in [0.2, 0.25) is 6.43 Å². The minimum Gasteiger partial charge on any atom is -0.303 e. The first kappa shape index (κ1) is 7.92. The van der Waals surface area contributed by atoms with E-state index in [-0.39, 0.29) is 5.92 Å². The molecule has 0 aliphatic carbocycles. The van der Waals surface area contributed by atoms with Crippen LogP contribution >= 0.6 is 0 Å². The molecule has 60 valence electrons. The first-order valence-corrected chi connectivity index (χ1v) is 3.74. The third-order valence-electron chi connectivity index (χ3n) is 2.11. The van der Waals surface area contributed by atoms with Crippen LogP contribution in [0.2, 0.25) is 0 Å². The lowest BCUT2D eigenvalue weighted by Gasteiger charge is -2.11. The van der Waals surface area contributed by atoms with Crippen LogP contribution in [0.3, 0.4) is 0 Å². The maximum absolute atomic E-state index is 12.0. The molecule has 0 N–H and O–H groups in total. The largest absolute Gasteiger partial charge is 0.303 e. The predicted octanol–water partition coefficient (Wildman–Crippen LogP) is 1.59. The van der Waals surface area contributed by atoms with Gasteiger partial charge in [0.25, 0.3) is 0 Å². The van der Waals surface area contributed by atoms with Crippen molar-refractivity contribution in [1.29, 1.82) is 0 Å². The molecular formula is C7H13F2N. The molecule has 1 unspecified atom stereocenters. The van der Waals surface area contributed by atoms with E-state index in [2.05, 4.69) is 4.90 Å². The zero-order valence-electron chi connectivity index (χ0n) is 6.19. The summed E-state index contributed by atoms with van der Waals surface area (Å²) >= 11 is 0. The summed E-state index contributed by atoms with van der Waals surface area (Å²) in [5.74, 6) is -0.361. The van der Waals surface area contributed by atoms with Gasteiger partial charge in [0.15, 0.2) is 0 Å². The Morgan fingerprint density at radius 1 is 1.60 bits per heavy atom. The average Bonchev–Trinajstić information content (AvgIpc) is 2.34. The van der Waals surface area contributed by atoms with Crippen molar-refractivity contribution in [2.45, 2.75) is 19.8 Å². The van der Waals surface area contributed by atoms with Gasteiger partial charge in [0.1, 0.15) is 0 Å². The van der Waals surface area contributed by atoms with E-state index in [1.807, 2.05) is 6.92 Å². The molecule has 0 bridgehead atoms. The summed E-state index contributed by atoms with van der Waals surface area (Å²) in [6.07, 6.45) is -1.44. The molecule has 1 nitrogen and oxygen atoms in total. The van der Waals surface area contributed by atoms with Gasteiger partial charge in [0, 0.05) is 12.5 Å². The van der Waals surface area contributed by atoms with Crippen LogP contribution < -0.4 is 0 Å². The normalized spacial score (nSPS) is 28.2. The Bertz CT molecular complexity index is 106. The monoisotopic (exact) mass is 149 g/mol. The molecule has 0 aromatic rings. The quantitative estimate of drug-likeness (QED) is 0.576. The van der Waals surface area contributed by atoms with Crippen LogP contribution in [0.25, 0.3) is 0 Å². The molecule has 0 aromatic heterocycles. The Morgan fingerprint density at radius 3 is 2.60 bits per heavy atom. The van der Waals surface area contributed by atoms with Gasteiger partial charge in [-0.3, -0.25) is 0 Å². The molecule has 1 rings (SSSR count). The standard InChI is InChI=1S/C7H13F2N/c1-2-10-4-3-6(5-10)7(8)9/h6-7H,2-5H2,1H3. The second-order valence-corrected chi connectivity index (χ2v) is 2.78. The van der Waals surface area contributed by atoms with E-state index in [4.69, 9.17) is 0 Å². The Hall–Kier alpha value is -0.180. The lowest BCUT2D eigenvalue weighted by Crippen LogP contribution is -2.21. The fourth-order valence-electron chi connectivity index (χ4n) is 1.36. The molecule has 1 aliphatic rings. The highest BCUT2D eigenvalue weighted by atomic mass is 19.3. The van der Waals surface area contributed by atoms with Crippen LogP contribution in [0.15, 0.2) is 0 Å². The highest BCUT2D eigenvalue weighted by molar-refractivity contribution is 4.75. The van der Waals surface area contributed by atoms with Crippen molar-refractivity contribution in [3.05, 3.63) is 0 Å². The minimum atomic E-state index is -2.11. The average molecular weight is 149 g/mol. The minimum absolute atomic E-state index is 0.361. The fourth-order valence-corrected chi connectivity index (χ4v) is 1.36. The zero-order chi connectivity index (χ0) is 7.56. The molecular weight excluding hydrogens is 136 g/mol. The van der Waals surface area contributed by atoms with E-state index < -0.39 is 6.43 Å². The van der Waals surface area contributed by atoms with Crippen molar-refractivity contribution in [2.75, 3.05) is 19.6 Å². The first-order valence-electron chi connectivity index (χ1n) is 3.74. The van der Waals surface area contributed by atoms with Gasteiger partial charge in [-0.15, -0.1) is 0 Å². The molecule has 0 amide bonds. The van der Waals surface area contributed by atoms with E-state index in [1.54, 1.807) is 0 Å². The third kappa shape index (κ3) is 1.66. The highest BCUT2D eigenvalue weighted by Gasteiger charge is 2.28. The van der Waals surface area contributed by atoms with Crippen molar-refractivity contribution < 1.29 is 8.78 Å². The van der Waals surface area contributed by atoms with Crippen LogP contribution in [0.5, 0.6) is 0 Å². The molecule has 3 heteroatoms. The zero-order valence-corrected chi connectivity index (χ0v) is 6.19. The molecule has 1 aliphatic heterocycles. The second kappa shape index (κ2) is 3.28. The van der Waals surface area contributed by atoms with Crippen LogP contribution in [0.1, 0.15) is 13.3 Å². The van der Waals surface area contributed by atoms with Gasteiger partial charge in [-0.2, -0.15) is 0 Å². The summed E-state index contributed by atoms with van der Waals surface area (Å²) in [7, 11) is 0.